The summed E-state index contributed by atoms with van der Waals surface area (Å²) in [6.07, 6.45) is 2.27. The fraction of sp³-hybridized carbons (Fsp3) is 0.500. The summed E-state index contributed by atoms with van der Waals surface area (Å²) in [6.45, 7) is 4.94. The monoisotopic (exact) mass is 267 g/mol. The predicted molar refractivity (Wildman–Crippen MR) is 72.9 cm³/mol. The number of hydrogen-bond donors (Lipinski definition) is 0. The average molecular weight is 267 g/mol. The highest BCUT2D eigenvalue weighted by molar-refractivity contribution is 7.92. The van der Waals surface area contributed by atoms with Gasteiger partial charge in [-0.2, -0.15) is 0 Å². The van der Waals surface area contributed by atoms with Crippen molar-refractivity contribution in [3.8, 4) is 0 Å². The number of hydrogen-bond acceptors (Lipinski definition) is 3. The molecule has 0 aromatic heterocycles. The third-order valence-corrected chi connectivity index (χ3v) is 5.55. The first-order chi connectivity index (χ1) is 8.26. The molecule has 0 aliphatic heterocycles. The van der Waals surface area contributed by atoms with E-state index in [1.54, 1.807) is 20.8 Å². The van der Waals surface area contributed by atoms with E-state index in [4.69, 9.17) is 0 Å². The second kappa shape index (κ2) is 5.65. The zero-order chi connectivity index (χ0) is 13.8. The molecule has 0 amide bonds. The first-order valence-corrected chi connectivity index (χ1v) is 7.55. The Kier molecular flexibility index (Phi) is 4.68. The summed E-state index contributed by atoms with van der Waals surface area (Å²) in [5.41, 5.74) is 0.954. The summed E-state index contributed by atoms with van der Waals surface area (Å²) in [5, 5.41) is 0. The molecule has 1 unspecified atom stereocenters. The molecule has 1 rings (SSSR count). The third-order valence-electron chi connectivity index (χ3n) is 2.85. The van der Waals surface area contributed by atoms with Crippen molar-refractivity contribution in [3.05, 3.63) is 35.9 Å². The van der Waals surface area contributed by atoms with Gasteiger partial charge in [0.15, 0.2) is 9.84 Å². The second-order valence-corrected chi connectivity index (χ2v) is 8.19. The maximum atomic E-state index is 12.0. The van der Waals surface area contributed by atoms with Crippen molar-refractivity contribution in [1.29, 1.82) is 0 Å². The van der Waals surface area contributed by atoms with E-state index in [0.29, 0.717) is 6.42 Å². The van der Waals surface area contributed by atoms with Gasteiger partial charge in [0.25, 0.3) is 0 Å². The molecular weight excluding hydrogens is 248 g/mol. The highest BCUT2D eigenvalue weighted by Gasteiger charge is 2.31. The number of rotatable bonds is 5. The quantitative estimate of drug-likeness (QED) is 0.821. The van der Waals surface area contributed by atoms with Gasteiger partial charge in [0.2, 0.25) is 6.29 Å². The van der Waals surface area contributed by atoms with Crippen LogP contribution >= 0.6 is 0 Å². The van der Waals surface area contributed by atoms with Gasteiger partial charge in [0, 0.05) is 5.92 Å². The van der Waals surface area contributed by atoms with E-state index in [2.05, 4.69) is 0 Å². The topological polar surface area (TPSA) is 51.2 Å². The van der Waals surface area contributed by atoms with Gasteiger partial charge in [-0.25, -0.2) is 8.42 Å². The SMILES string of the molecule is CC(C)(C)S(=O)(=O)CC([C]=O)Cc1ccccc1. The molecule has 0 heterocycles. The summed E-state index contributed by atoms with van der Waals surface area (Å²) in [6, 6.07) is 9.39. The fourth-order valence-electron chi connectivity index (χ4n) is 1.55. The van der Waals surface area contributed by atoms with Gasteiger partial charge >= 0.3 is 0 Å². The van der Waals surface area contributed by atoms with Gasteiger partial charge in [-0.15, -0.1) is 0 Å². The zero-order valence-corrected chi connectivity index (χ0v) is 11.8. The summed E-state index contributed by atoms with van der Waals surface area (Å²) >= 11 is 0. The Labute approximate surface area is 109 Å². The van der Waals surface area contributed by atoms with Crippen molar-refractivity contribution in [1.82, 2.24) is 0 Å². The van der Waals surface area contributed by atoms with E-state index in [1.165, 1.54) is 0 Å². The summed E-state index contributed by atoms with van der Waals surface area (Å²) in [5.74, 6) is -0.744. The smallest absolute Gasteiger partial charge is 0.203 e. The van der Waals surface area contributed by atoms with E-state index in [-0.39, 0.29) is 5.75 Å². The van der Waals surface area contributed by atoms with Crippen molar-refractivity contribution in [2.45, 2.75) is 31.9 Å². The molecule has 1 aromatic carbocycles. The minimum absolute atomic E-state index is 0.144. The van der Waals surface area contributed by atoms with Crippen LogP contribution in [0.5, 0.6) is 0 Å². The predicted octanol–water partition coefficient (Wildman–Crippen LogP) is 2.17. The van der Waals surface area contributed by atoms with E-state index in [1.807, 2.05) is 36.6 Å². The van der Waals surface area contributed by atoms with Crippen LogP contribution in [0.25, 0.3) is 0 Å². The van der Waals surface area contributed by atoms with E-state index in [9.17, 15) is 13.2 Å². The van der Waals surface area contributed by atoms with Crippen LogP contribution in [0, 0.1) is 5.92 Å². The fourth-order valence-corrected chi connectivity index (χ4v) is 2.76. The number of sulfone groups is 1. The van der Waals surface area contributed by atoms with Crippen LogP contribution in [0.4, 0.5) is 0 Å². The first-order valence-electron chi connectivity index (χ1n) is 5.90. The molecule has 3 nitrogen and oxygen atoms in total. The molecule has 0 fully saturated rings. The molecule has 99 valence electrons. The zero-order valence-electron chi connectivity index (χ0n) is 11.0. The van der Waals surface area contributed by atoms with Crippen molar-refractivity contribution in [3.63, 3.8) is 0 Å². The van der Waals surface area contributed by atoms with Crippen molar-refractivity contribution in [2.24, 2.45) is 5.92 Å². The third kappa shape index (κ3) is 3.95. The van der Waals surface area contributed by atoms with Crippen LogP contribution in [-0.2, 0) is 21.1 Å². The lowest BCUT2D eigenvalue weighted by Crippen LogP contribution is -2.34. The van der Waals surface area contributed by atoms with Crippen molar-refractivity contribution < 1.29 is 13.2 Å². The van der Waals surface area contributed by atoms with Crippen LogP contribution in [0.1, 0.15) is 26.3 Å². The molecule has 0 bridgehead atoms. The minimum Gasteiger partial charge on any atom is -0.291 e. The standard InChI is InChI=1S/C14H19O3S/c1-14(2,3)18(16,17)11-13(10-15)9-12-7-5-4-6-8-12/h4-8,13H,9,11H2,1-3H3. The van der Waals surface area contributed by atoms with E-state index in [0.717, 1.165) is 5.56 Å². The Bertz CT molecular complexity index is 484. The van der Waals surface area contributed by atoms with Crippen LogP contribution in [0.2, 0.25) is 0 Å². The molecule has 0 saturated heterocycles. The highest BCUT2D eigenvalue weighted by Crippen LogP contribution is 2.20. The normalized spacial score (nSPS) is 14.2. The minimum atomic E-state index is -3.29. The lowest BCUT2D eigenvalue weighted by molar-refractivity contribution is 0.517. The van der Waals surface area contributed by atoms with Crippen LogP contribution in [-0.4, -0.2) is 25.2 Å². The first kappa shape index (κ1) is 14.9. The van der Waals surface area contributed by atoms with Gasteiger partial charge in [0.1, 0.15) is 0 Å². The van der Waals surface area contributed by atoms with Gasteiger partial charge in [-0.1, -0.05) is 30.3 Å². The van der Waals surface area contributed by atoms with Gasteiger partial charge in [-0.05, 0) is 32.8 Å². The summed E-state index contributed by atoms with van der Waals surface area (Å²) in [4.78, 5) is 10.9. The Morgan fingerprint density at radius 2 is 1.72 bits per heavy atom. The molecule has 0 aliphatic rings. The van der Waals surface area contributed by atoms with Crippen molar-refractivity contribution in [2.75, 3.05) is 5.75 Å². The molecule has 0 N–H and O–H groups in total. The lowest BCUT2D eigenvalue weighted by Gasteiger charge is -2.21. The lowest BCUT2D eigenvalue weighted by atomic mass is 10.0. The molecule has 0 saturated carbocycles. The van der Waals surface area contributed by atoms with Crippen LogP contribution in [0.15, 0.2) is 30.3 Å². The molecule has 1 atom stereocenters. The number of carbonyl (C=O) groups excluding carboxylic acids is 1. The van der Waals surface area contributed by atoms with E-state index >= 15 is 0 Å². The molecule has 18 heavy (non-hydrogen) atoms. The maximum Gasteiger partial charge on any atom is 0.203 e. The van der Waals surface area contributed by atoms with Crippen LogP contribution in [0.3, 0.4) is 0 Å². The Morgan fingerprint density at radius 3 is 2.17 bits per heavy atom. The highest BCUT2D eigenvalue weighted by atomic mass is 32.2. The largest absolute Gasteiger partial charge is 0.291 e. The molecule has 1 aromatic rings. The second-order valence-electron chi connectivity index (χ2n) is 5.40. The average Bonchev–Trinajstić information content (AvgIpc) is 2.27. The van der Waals surface area contributed by atoms with Gasteiger partial charge in [-0.3, -0.25) is 4.79 Å². The number of benzene rings is 1. The van der Waals surface area contributed by atoms with Gasteiger partial charge in [0.05, 0.1) is 10.5 Å². The maximum absolute atomic E-state index is 12.0. The Balaban J connectivity index is 2.79. The van der Waals surface area contributed by atoms with Gasteiger partial charge < -0.3 is 0 Å². The van der Waals surface area contributed by atoms with Crippen molar-refractivity contribution >= 4 is 16.1 Å². The Hall–Kier alpha value is -1.16. The van der Waals surface area contributed by atoms with E-state index < -0.39 is 20.5 Å². The molecular formula is C14H19O3S. The molecule has 4 heteroatoms. The summed E-state index contributed by atoms with van der Waals surface area (Å²) < 4.78 is 23.2. The molecule has 0 aliphatic carbocycles. The molecule has 1 radical (unpaired) electrons. The summed E-state index contributed by atoms with van der Waals surface area (Å²) in [7, 11) is -3.29. The Morgan fingerprint density at radius 1 is 1.17 bits per heavy atom. The molecule has 0 spiro atoms. The van der Waals surface area contributed by atoms with Crippen LogP contribution < -0.4 is 0 Å².